The van der Waals surface area contributed by atoms with Gasteiger partial charge in [0.2, 0.25) is 0 Å². The Hall–Kier alpha value is -0.630. The van der Waals surface area contributed by atoms with Gasteiger partial charge in [0.15, 0.2) is 0 Å². The molecule has 0 saturated heterocycles. The van der Waals surface area contributed by atoms with Crippen LogP contribution in [0.3, 0.4) is 0 Å². The Labute approximate surface area is 102 Å². The minimum atomic E-state index is 0.0866. The molecule has 1 atom stereocenters. The molecule has 0 amide bonds. The van der Waals surface area contributed by atoms with Gasteiger partial charge in [-0.05, 0) is 44.6 Å². The van der Waals surface area contributed by atoms with Crippen LogP contribution in [0.25, 0.3) is 0 Å². The highest BCUT2D eigenvalue weighted by Gasteiger charge is 2.21. The SMILES string of the molecule is C=S(C)C(C)(C)c1ccc(CCCC)cn1. The first kappa shape index (κ1) is 13.4. The lowest BCUT2D eigenvalue weighted by molar-refractivity contribution is 0.739. The number of hydrogen-bond donors (Lipinski definition) is 0. The van der Waals surface area contributed by atoms with E-state index in [9.17, 15) is 0 Å². The van der Waals surface area contributed by atoms with Crippen molar-refractivity contribution in [1.82, 2.24) is 4.98 Å². The van der Waals surface area contributed by atoms with E-state index in [1.165, 1.54) is 18.4 Å². The minimum Gasteiger partial charge on any atom is -0.260 e. The molecule has 0 aromatic carbocycles. The van der Waals surface area contributed by atoms with Crippen molar-refractivity contribution in [3.8, 4) is 0 Å². The molecular formula is C14H23NS. The largest absolute Gasteiger partial charge is 0.260 e. The Bertz CT molecular complexity index is 352. The van der Waals surface area contributed by atoms with E-state index in [4.69, 9.17) is 0 Å². The summed E-state index contributed by atoms with van der Waals surface area (Å²) in [5, 5.41) is 0. The smallest absolute Gasteiger partial charge is 0.0554 e. The van der Waals surface area contributed by atoms with Crippen LogP contribution in [0.5, 0.6) is 0 Å². The normalized spacial score (nSPS) is 13.8. The third-order valence-corrected chi connectivity index (χ3v) is 5.08. The first-order valence-corrected chi connectivity index (χ1v) is 7.69. The van der Waals surface area contributed by atoms with Crippen LogP contribution in [0.15, 0.2) is 18.3 Å². The van der Waals surface area contributed by atoms with Crippen molar-refractivity contribution in [3.05, 3.63) is 29.6 Å². The van der Waals surface area contributed by atoms with Gasteiger partial charge < -0.3 is 0 Å². The minimum absolute atomic E-state index is 0.0866. The molecule has 0 saturated carbocycles. The first-order chi connectivity index (χ1) is 7.48. The first-order valence-electron chi connectivity index (χ1n) is 5.89. The van der Waals surface area contributed by atoms with Gasteiger partial charge in [0, 0.05) is 10.9 Å². The van der Waals surface area contributed by atoms with Crippen molar-refractivity contribution in [2.75, 3.05) is 6.26 Å². The molecule has 1 unspecified atom stereocenters. The van der Waals surface area contributed by atoms with Crippen molar-refractivity contribution in [3.63, 3.8) is 0 Å². The molecule has 0 radical (unpaired) electrons. The van der Waals surface area contributed by atoms with Gasteiger partial charge in [-0.15, -0.1) is 0 Å². The van der Waals surface area contributed by atoms with E-state index >= 15 is 0 Å². The van der Waals surface area contributed by atoms with E-state index < -0.39 is 0 Å². The lowest BCUT2D eigenvalue weighted by atomic mass is 10.1. The van der Waals surface area contributed by atoms with E-state index in [0.29, 0.717) is 0 Å². The number of nitrogens with zero attached hydrogens (tertiary/aromatic N) is 1. The molecule has 0 aliphatic rings. The predicted molar refractivity (Wildman–Crippen MR) is 76.5 cm³/mol. The fraction of sp³-hybridized carbons (Fsp3) is 0.571. The van der Waals surface area contributed by atoms with Crippen molar-refractivity contribution >= 4 is 16.4 Å². The second-order valence-electron chi connectivity index (χ2n) is 4.80. The summed E-state index contributed by atoms with van der Waals surface area (Å²) in [4.78, 5) is 4.59. The summed E-state index contributed by atoms with van der Waals surface area (Å²) in [5.74, 6) is 4.15. The van der Waals surface area contributed by atoms with Crippen LogP contribution < -0.4 is 0 Å². The summed E-state index contributed by atoms with van der Waals surface area (Å²) < 4.78 is 0.0866. The van der Waals surface area contributed by atoms with E-state index in [0.717, 1.165) is 12.1 Å². The highest BCUT2D eigenvalue weighted by Crippen LogP contribution is 2.36. The lowest BCUT2D eigenvalue weighted by Crippen LogP contribution is -2.15. The monoisotopic (exact) mass is 237 g/mol. The highest BCUT2D eigenvalue weighted by atomic mass is 32.2. The van der Waals surface area contributed by atoms with Crippen LogP contribution in [-0.4, -0.2) is 17.1 Å². The second kappa shape index (κ2) is 5.62. The molecule has 1 rings (SSSR count). The Morgan fingerprint density at radius 3 is 2.50 bits per heavy atom. The zero-order valence-electron chi connectivity index (χ0n) is 10.9. The van der Waals surface area contributed by atoms with Crippen molar-refractivity contribution in [1.29, 1.82) is 0 Å². The molecule has 0 fully saturated rings. The summed E-state index contributed by atoms with van der Waals surface area (Å²) >= 11 is 0. The second-order valence-corrected chi connectivity index (χ2v) is 7.10. The van der Waals surface area contributed by atoms with Gasteiger partial charge in [-0.3, -0.25) is 4.98 Å². The van der Waals surface area contributed by atoms with Crippen LogP contribution >= 0.6 is 10.5 Å². The van der Waals surface area contributed by atoms with E-state index in [2.05, 4.69) is 50.0 Å². The van der Waals surface area contributed by atoms with E-state index in [1.54, 1.807) is 0 Å². The van der Waals surface area contributed by atoms with Gasteiger partial charge in [-0.25, -0.2) is 0 Å². The molecule has 0 aliphatic carbocycles. The molecule has 1 aromatic heterocycles. The van der Waals surface area contributed by atoms with Gasteiger partial charge >= 0.3 is 0 Å². The molecule has 90 valence electrons. The molecule has 0 aliphatic heterocycles. The highest BCUT2D eigenvalue weighted by molar-refractivity contribution is 8.14. The van der Waals surface area contributed by atoms with Crippen LogP contribution in [0.4, 0.5) is 0 Å². The maximum atomic E-state index is 4.59. The van der Waals surface area contributed by atoms with Gasteiger partial charge in [0.1, 0.15) is 0 Å². The maximum absolute atomic E-state index is 4.59. The Morgan fingerprint density at radius 1 is 1.38 bits per heavy atom. The maximum Gasteiger partial charge on any atom is 0.0554 e. The number of pyridine rings is 1. The average molecular weight is 237 g/mol. The predicted octanol–water partition coefficient (Wildman–Crippen LogP) is 3.99. The number of rotatable bonds is 5. The molecule has 0 N–H and O–H groups in total. The summed E-state index contributed by atoms with van der Waals surface area (Å²) in [6.45, 7) is 6.66. The fourth-order valence-corrected chi connectivity index (χ4v) is 1.97. The fourth-order valence-electron chi connectivity index (χ4n) is 1.49. The number of unbranched alkanes of at least 4 members (excludes halogenated alkanes) is 1. The quantitative estimate of drug-likeness (QED) is 0.706. The van der Waals surface area contributed by atoms with E-state index in [-0.39, 0.29) is 15.2 Å². The van der Waals surface area contributed by atoms with Gasteiger partial charge in [0.05, 0.1) is 5.69 Å². The summed E-state index contributed by atoms with van der Waals surface area (Å²) in [7, 11) is 0.0987. The summed E-state index contributed by atoms with van der Waals surface area (Å²) in [6.07, 6.45) is 7.83. The lowest BCUT2D eigenvalue weighted by Gasteiger charge is -2.25. The van der Waals surface area contributed by atoms with Gasteiger partial charge in [-0.1, -0.05) is 25.3 Å². The van der Waals surface area contributed by atoms with Gasteiger partial charge in [-0.2, -0.15) is 10.5 Å². The zero-order valence-corrected chi connectivity index (χ0v) is 11.7. The van der Waals surface area contributed by atoms with Crippen LogP contribution in [-0.2, 0) is 11.2 Å². The molecule has 1 heterocycles. The molecule has 0 spiro atoms. The Kier molecular flexibility index (Phi) is 4.72. The third kappa shape index (κ3) is 3.18. The van der Waals surface area contributed by atoms with E-state index in [1.807, 2.05) is 6.20 Å². The van der Waals surface area contributed by atoms with Crippen LogP contribution in [0.1, 0.15) is 44.9 Å². The molecule has 0 bridgehead atoms. The molecule has 1 aromatic rings. The molecule has 16 heavy (non-hydrogen) atoms. The molecule has 1 nitrogen and oxygen atoms in total. The zero-order chi connectivity index (χ0) is 12.2. The molecule has 2 heteroatoms. The van der Waals surface area contributed by atoms with Crippen molar-refractivity contribution in [2.45, 2.75) is 44.8 Å². The Morgan fingerprint density at radius 2 is 2.06 bits per heavy atom. The summed E-state index contributed by atoms with van der Waals surface area (Å²) in [6, 6.07) is 4.38. The number of hydrogen-bond acceptors (Lipinski definition) is 1. The van der Waals surface area contributed by atoms with Gasteiger partial charge in [0.25, 0.3) is 0 Å². The molecular weight excluding hydrogens is 214 g/mol. The Balaban J connectivity index is 2.82. The number of aromatic nitrogens is 1. The standard InChI is InChI=1S/C14H23NS/c1-6-7-8-12-9-10-13(15-11-12)14(2,3)16(4)5/h9-11H,4,6-8H2,1-3,5H3. The summed E-state index contributed by atoms with van der Waals surface area (Å²) in [5.41, 5.74) is 2.51. The topological polar surface area (TPSA) is 12.9 Å². The third-order valence-electron chi connectivity index (χ3n) is 3.13. The van der Waals surface area contributed by atoms with Crippen LogP contribution in [0, 0.1) is 0 Å². The van der Waals surface area contributed by atoms with Crippen LogP contribution in [0.2, 0.25) is 0 Å². The number of aryl methyl sites for hydroxylation is 1. The van der Waals surface area contributed by atoms with Crippen molar-refractivity contribution < 1.29 is 0 Å². The van der Waals surface area contributed by atoms with Crippen molar-refractivity contribution in [2.24, 2.45) is 0 Å². The average Bonchev–Trinajstić information content (AvgIpc) is 2.26.